The molecule has 36 heavy (non-hydrogen) atoms. The van der Waals surface area contributed by atoms with Crippen molar-refractivity contribution in [3.8, 4) is 22.6 Å². The summed E-state index contributed by atoms with van der Waals surface area (Å²) in [5.41, 5.74) is 4.55. The van der Waals surface area contributed by atoms with Crippen LogP contribution in [0.1, 0.15) is 47.3 Å². The van der Waals surface area contributed by atoms with E-state index in [1.165, 1.54) is 0 Å². The van der Waals surface area contributed by atoms with Gasteiger partial charge in [-0.05, 0) is 34.0 Å². The molecule has 2 aromatic carbocycles. The van der Waals surface area contributed by atoms with Gasteiger partial charge in [0.15, 0.2) is 5.82 Å². The van der Waals surface area contributed by atoms with Gasteiger partial charge in [0.05, 0.1) is 12.2 Å². The Bertz CT molecular complexity index is 1430. The predicted molar refractivity (Wildman–Crippen MR) is 135 cm³/mol. The number of H-pyrrole nitrogens is 1. The number of benzene rings is 2. The first-order valence-electron chi connectivity index (χ1n) is 12.0. The lowest BCUT2D eigenvalue weighted by Crippen LogP contribution is -2.09. The van der Waals surface area contributed by atoms with Gasteiger partial charge in [-0.3, -0.25) is 9.78 Å². The van der Waals surface area contributed by atoms with Crippen molar-refractivity contribution >= 4 is 5.78 Å². The Morgan fingerprint density at radius 2 is 1.75 bits per heavy atom. The summed E-state index contributed by atoms with van der Waals surface area (Å²) >= 11 is 0. The van der Waals surface area contributed by atoms with Gasteiger partial charge in [-0.2, -0.15) is 0 Å². The van der Waals surface area contributed by atoms with Crippen LogP contribution in [-0.2, 0) is 19.4 Å². The third-order valence-corrected chi connectivity index (χ3v) is 5.92. The first kappa shape index (κ1) is 23.2. The summed E-state index contributed by atoms with van der Waals surface area (Å²) in [5.74, 6) is 1.60. The van der Waals surface area contributed by atoms with Gasteiger partial charge in [-0.15, -0.1) is 10.2 Å². The van der Waals surface area contributed by atoms with Crippen molar-refractivity contribution in [2.75, 3.05) is 0 Å². The van der Waals surface area contributed by atoms with Crippen LogP contribution >= 0.6 is 0 Å². The van der Waals surface area contributed by atoms with Crippen molar-refractivity contribution < 1.29 is 4.79 Å². The maximum absolute atomic E-state index is 12.9. The van der Waals surface area contributed by atoms with E-state index in [1.54, 1.807) is 0 Å². The van der Waals surface area contributed by atoms with Crippen LogP contribution < -0.4 is 0 Å². The lowest BCUT2D eigenvalue weighted by molar-refractivity contribution is 0.0982. The number of ketones is 1. The standard InChI is InChI=1S/C27H26N8O/c1-2-3-13-25-29-27(24(36)16-19-9-5-4-6-10-19)32-35(25)18-20-14-15-23(28-17-20)21-11-7-8-12-22(21)26-30-33-34-31-26/h4-12,14-15,17H,2-3,13,16,18H2,1H3,(H,30,31,33,34). The topological polar surface area (TPSA) is 115 Å². The first-order valence-corrected chi connectivity index (χ1v) is 12.0. The van der Waals surface area contributed by atoms with Gasteiger partial charge in [0.25, 0.3) is 0 Å². The van der Waals surface area contributed by atoms with Crippen molar-refractivity contribution in [1.82, 2.24) is 40.4 Å². The minimum absolute atomic E-state index is 0.0790. The number of hydrogen-bond donors (Lipinski definition) is 1. The number of Topliss-reactive ketones (excluding diaryl/α,β-unsaturated/α-hetero) is 1. The Morgan fingerprint density at radius 3 is 2.47 bits per heavy atom. The Kier molecular flexibility index (Phi) is 6.98. The van der Waals surface area contributed by atoms with Crippen molar-refractivity contribution in [1.29, 1.82) is 0 Å². The van der Waals surface area contributed by atoms with E-state index in [0.717, 1.165) is 53.0 Å². The molecule has 5 rings (SSSR count). The molecule has 1 N–H and O–H groups in total. The lowest BCUT2D eigenvalue weighted by Gasteiger charge is -2.09. The number of aryl methyl sites for hydroxylation is 1. The summed E-state index contributed by atoms with van der Waals surface area (Å²) in [6.07, 6.45) is 4.91. The molecule has 0 aliphatic heterocycles. The Morgan fingerprint density at radius 1 is 0.944 bits per heavy atom. The number of carbonyl (C=O) groups excluding carboxylic acids is 1. The average molecular weight is 479 g/mol. The van der Waals surface area contributed by atoms with E-state index in [2.05, 4.69) is 37.6 Å². The quantitative estimate of drug-likeness (QED) is 0.297. The van der Waals surface area contributed by atoms with Crippen molar-refractivity contribution in [2.45, 2.75) is 39.2 Å². The SMILES string of the molecule is CCCCc1nc(C(=O)Cc2ccccc2)nn1Cc1ccc(-c2ccccc2-c2nnn[nH]2)nc1. The minimum Gasteiger partial charge on any atom is -0.290 e. The third kappa shape index (κ3) is 5.25. The highest BCUT2D eigenvalue weighted by Gasteiger charge is 2.17. The van der Waals surface area contributed by atoms with E-state index < -0.39 is 0 Å². The van der Waals surface area contributed by atoms with Crippen LogP contribution in [-0.4, -0.2) is 46.2 Å². The van der Waals surface area contributed by atoms with Gasteiger partial charge in [-0.25, -0.2) is 14.8 Å². The maximum Gasteiger partial charge on any atom is 0.217 e. The van der Waals surface area contributed by atoms with E-state index >= 15 is 0 Å². The van der Waals surface area contributed by atoms with Crippen LogP contribution in [0.2, 0.25) is 0 Å². The Labute approximate surface area is 208 Å². The molecule has 0 radical (unpaired) electrons. The molecule has 3 heterocycles. The summed E-state index contributed by atoms with van der Waals surface area (Å²) in [6.45, 7) is 2.63. The monoisotopic (exact) mass is 478 g/mol. The fourth-order valence-electron chi connectivity index (χ4n) is 4.04. The van der Waals surface area contributed by atoms with Crippen molar-refractivity contribution in [3.05, 3.63) is 95.7 Å². The fourth-order valence-corrected chi connectivity index (χ4v) is 4.04. The van der Waals surface area contributed by atoms with Crippen LogP contribution in [0.3, 0.4) is 0 Å². The number of pyridine rings is 1. The molecular formula is C27H26N8O. The summed E-state index contributed by atoms with van der Waals surface area (Å²) in [4.78, 5) is 22.2. The van der Waals surface area contributed by atoms with Crippen LogP contribution in [0.15, 0.2) is 72.9 Å². The lowest BCUT2D eigenvalue weighted by atomic mass is 10.0. The molecule has 0 saturated carbocycles. The fraction of sp³-hybridized carbons (Fsp3) is 0.222. The Balaban J connectivity index is 1.37. The second-order valence-electron chi connectivity index (χ2n) is 8.55. The van der Waals surface area contributed by atoms with Crippen LogP contribution in [0.4, 0.5) is 0 Å². The summed E-state index contributed by atoms with van der Waals surface area (Å²) in [6, 6.07) is 21.5. The third-order valence-electron chi connectivity index (χ3n) is 5.92. The highest BCUT2D eigenvalue weighted by atomic mass is 16.1. The molecule has 0 saturated heterocycles. The number of rotatable bonds is 10. The zero-order valence-corrected chi connectivity index (χ0v) is 20.0. The van der Waals surface area contributed by atoms with E-state index in [1.807, 2.05) is 77.6 Å². The molecule has 0 amide bonds. The summed E-state index contributed by atoms with van der Waals surface area (Å²) < 4.78 is 1.83. The molecular weight excluding hydrogens is 452 g/mol. The van der Waals surface area contributed by atoms with E-state index in [4.69, 9.17) is 4.98 Å². The van der Waals surface area contributed by atoms with Gasteiger partial charge >= 0.3 is 0 Å². The first-order chi connectivity index (χ1) is 17.7. The van der Waals surface area contributed by atoms with Crippen LogP contribution in [0, 0.1) is 0 Å². The highest BCUT2D eigenvalue weighted by molar-refractivity contribution is 5.94. The molecule has 0 aliphatic rings. The number of hydrogen-bond acceptors (Lipinski definition) is 7. The van der Waals surface area contributed by atoms with E-state index in [-0.39, 0.29) is 18.0 Å². The predicted octanol–water partition coefficient (Wildman–Crippen LogP) is 4.34. The van der Waals surface area contributed by atoms with Crippen molar-refractivity contribution in [3.63, 3.8) is 0 Å². The normalized spacial score (nSPS) is 11.0. The zero-order chi connectivity index (χ0) is 24.7. The van der Waals surface area contributed by atoms with Crippen LogP contribution in [0.5, 0.6) is 0 Å². The second-order valence-corrected chi connectivity index (χ2v) is 8.55. The number of tetrazole rings is 1. The van der Waals surface area contributed by atoms with Gasteiger partial charge in [0, 0.05) is 30.2 Å². The molecule has 5 aromatic rings. The Hall–Kier alpha value is -4.53. The summed E-state index contributed by atoms with van der Waals surface area (Å²) in [7, 11) is 0. The molecule has 0 atom stereocenters. The molecule has 0 spiro atoms. The van der Waals surface area contributed by atoms with E-state index in [9.17, 15) is 4.79 Å². The molecule has 180 valence electrons. The summed E-state index contributed by atoms with van der Waals surface area (Å²) in [5, 5.41) is 18.8. The van der Waals surface area contributed by atoms with Gasteiger partial charge in [0.1, 0.15) is 5.82 Å². The van der Waals surface area contributed by atoms with Crippen LogP contribution in [0.25, 0.3) is 22.6 Å². The molecule has 0 bridgehead atoms. The van der Waals surface area contributed by atoms with E-state index in [0.29, 0.717) is 12.4 Å². The number of nitrogens with zero attached hydrogens (tertiary/aromatic N) is 7. The number of aromatic nitrogens is 8. The number of carbonyl (C=O) groups is 1. The number of aromatic amines is 1. The number of unbranched alkanes of at least 4 members (excludes halogenated alkanes) is 1. The zero-order valence-electron chi connectivity index (χ0n) is 20.0. The highest BCUT2D eigenvalue weighted by Crippen LogP contribution is 2.28. The molecule has 3 aromatic heterocycles. The van der Waals surface area contributed by atoms with Crippen molar-refractivity contribution in [2.24, 2.45) is 0 Å². The smallest absolute Gasteiger partial charge is 0.217 e. The molecule has 0 fully saturated rings. The largest absolute Gasteiger partial charge is 0.290 e. The molecule has 0 aliphatic carbocycles. The second kappa shape index (κ2) is 10.8. The van der Waals surface area contributed by atoms with Gasteiger partial charge in [0.2, 0.25) is 11.6 Å². The molecule has 0 unspecified atom stereocenters. The maximum atomic E-state index is 12.9. The van der Waals surface area contributed by atoms with Gasteiger partial charge < -0.3 is 0 Å². The molecule has 9 heteroatoms. The minimum atomic E-state index is -0.0790. The number of nitrogens with one attached hydrogen (secondary N) is 1. The van der Waals surface area contributed by atoms with Gasteiger partial charge in [-0.1, -0.05) is 74.0 Å². The molecule has 9 nitrogen and oxygen atoms in total. The average Bonchev–Trinajstić information content (AvgIpc) is 3.59.